The highest BCUT2D eigenvalue weighted by Gasteiger charge is 2.42. The SMILES string of the molecule is CC(C)Oc1ccc(C(=O)Nc2ccc(S(=O)(=O)N[C@@H](C)[C@@H]3C[C@H]4CC[C@H]3C4)cc2)cc1. The van der Waals surface area contributed by atoms with Crippen LogP contribution in [-0.2, 0) is 10.0 Å². The van der Waals surface area contributed by atoms with E-state index in [-0.39, 0.29) is 22.9 Å². The highest BCUT2D eigenvalue weighted by Crippen LogP contribution is 2.49. The van der Waals surface area contributed by atoms with E-state index < -0.39 is 10.0 Å². The van der Waals surface area contributed by atoms with Gasteiger partial charge in [-0.3, -0.25) is 4.79 Å². The van der Waals surface area contributed by atoms with E-state index in [4.69, 9.17) is 4.74 Å². The average molecular weight is 457 g/mol. The lowest BCUT2D eigenvalue weighted by atomic mass is 9.84. The second kappa shape index (κ2) is 9.24. The van der Waals surface area contributed by atoms with E-state index in [0.29, 0.717) is 28.8 Å². The van der Waals surface area contributed by atoms with E-state index in [2.05, 4.69) is 10.0 Å². The van der Waals surface area contributed by atoms with E-state index in [1.54, 1.807) is 36.4 Å². The van der Waals surface area contributed by atoms with Gasteiger partial charge in [0.05, 0.1) is 11.0 Å². The Morgan fingerprint density at radius 3 is 2.22 bits per heavy atom. The molecule has 2 aromatic carbocycles. The molecule has 0 radical (unpaired) electrons. The number of fused-ring (bicyclic) bond motifs is 2. The largest absolute Gasteiger partial charge is 0.491 e. The van der Waals surface area contributed by atoms with Crippen molar-refractivity contribution in [2.75, 3.05) is 5.32 Å². The highest BCUT2D eigenvalue weighted by molar-refractivity contribution is 7.89. The Morgan fingerprint density at radius 2 is 1.66 bits per heavy atom. The third-order valence-corrected chi connectivity index (χ3v) is 8.26. The first-order chi connectivity index (χ1) is 15.2. The zero-order valence-corrected chi connectivity index (χ0v) is 19.7. The summed E-state index contributed by atoms with van der Waals surface area (Å²) in [5.41, 5.74) is 1.04. The molecular weight excluding hydrogens is 424 g/mol. The Balaban J connectivity index is 1.36. The number of ether oxygens (including phenoxy) is 1. The first-order valence-electron chi connectivity index (χ1n) is 11.4. The minimum absolute atomic E-state index is 0.0650. The van der Waals surface area contributed by atoms with Crippen molar-refractivity contribution < 1.29 is 17.9 Å². The topological polar surface area (TPSA) is 84.5 Å². The van der Waals surface area contributed by atoms with Crippen molar-refractivity contribution in [1.82, 2.24) is 4.72 Å². The van der Waals surface area contributed by atoms with E-state index in [1.807, 2.05) is 20.8 Å². The van der Waals surface area contributed by atoms with Crippen molar-refractivity contribution in [3.8, 4) is 5.75 Å². The summed E-state index contributed by atoms with van der Waals surface area (Å²) in [6, 6.07) is 13.1. The zero-order chi connectivity index (χ0) is 22.9. The van der Waals surface area contributed by atoms with Gasteiger partial charge in [0.15, 0.2) is 0 Å². The van der Waals surface area contributed by atoms with Gasteiger partial charge < -0.3 is 10.1 Å². The highest BCUT2D eigenvalue weighted by atomic mass is 32.2. The predicted octanol–water partition coefficient (Wildman–Crippen LogP) is 4.83. The zero-order valence-electron chi connectivity index (χ0n) is 18.9. The molecule has 0 heterocycles. The average Bonchev–Trinajstić information content (AvgIpc) is 3.38. The molecule has 0 saturated heterocycles. The molecule has 0 spiro atoms. The molecule has 6 nitrogen and oxygen atoms in total. The summed E-state index contributed by atoms with van der Waals surface area (Å²) in [4.78, 5) is 12.7. The van der Waals surface area contributed by atoms with Crippen LogP contribution in [-0.4, -0.2) is 26.5 Å². The maximum Gasteiger partial charge on any atom is 0.255 e. The third-order valence-electron chi connectivity index (χ3n) is 6.69. The maximum absolute atomic E-state index is 12.9. The van der Waals surface area contributed by atoms with Crippen LogP contribution in [0.25, 0.3) is 0 Å². The lowest BCUT2D eigenvalue weighted by Gasteiger charge is -2.28. The number of hydrogen-bond acceptors (Lipinski definition) is 4. The van der Waals surface area contributed by atoms with Crippen LogP contribution in [0.1, 0.15) is 56.8 Å². The van der Waals surface area contributed by atoms with Crippen molar-refractivity contribution in [3.05, 3.63) is 54.1 Å². The molecule has 0 aromatic heterocycles. The van der Waals surface area contributed by atoms with Crippen LogP contribution in [0.3, 0.4) is 0 Å². The number of sulfonamides is 1. The summed E-state index contributed by atoms with van der Waals surface area (Å²) in [6.45, 7) is 5.87. The van der Waals surface area contributed by atoms with Gasteiger partial charge in [-0.2, -0.15) is 0 Å². The number of carbonyl (C=O) groups excluding carboxylic acids is 1. The molecule has 0 unspecified atom stereocenters. The van der Waals surface area contributed by atoms with Gasteiger partial charge in [-0.05, 0) is 106 Å². The molecule has 4 rings (SSSR count). The Morgan fingerprint density at radius 1 is 0.969 bits per heavy atom. The molecule has 2 aliphatic rings. The number of anilines is 1. The molecule has 2 aromatic rings. The van der Waals surface area contributed by atoms with Gasteiger partial charge in [-0.15, -0.1) is 0 Å². The third kappa shape index (κ3) is 5.15. The number of nitrogens with one attached hydrogen (secondary N) is 2. The number of hydrogen-bond donors (Lipinski definition) is 2. The summed E-state index contributed by atoms with van der Waals surface area (Å²) in [7, 11) is -3.60. The van der Waals surface area contributed by atoms with Crippen LogP contribution in [0.4, 0.5) is 5.69 Å². The van der Waals surface area contributed by atoms with E-state index in [9.17, 15) is 13.2 Å². The Hall–Kier alpha value is -2.38. The van der Waals surface area contributed by atoms with Gasteiger partial charge in [0, 0.05) is 17.3 Å². The van der Waals surface area contributed by atoms with E-state index >= 15 is 0 Å². The Labute approximate surface area is 190 Å². The summed E-state index contributed by atoms with van der Waals surface area (Å²) in [5.74, 6) is 2.30. The fourth-order valence-corrected chi connectivity index (χ4v) is 6.48. The van der Waals surface area contributed by atoms with Gasteiger partial charge in [0.1, 0.15) is 5.75 Å². The van der Waals surface area contributed by atoms with Crippen molar-refractivity contribution in [2.24, 2.45) is 17.8 Å². The summed E-state index contributed by atoms with van der Waals surface area (Å²) in [5, 5.41) is 2.81. The standard InChI is InChI=1S/C25H32N2O4S/c1-16(2)31-22-10-6-19(7-11-22)25(28)26-21-8-12-23(13-9-21)32(29,30)27-17(3)24-15-18-4-5-20(24)14-18/h6-13,16-18,20,24,27H,4-5,14-15H2,1-3H3,(H,26,28)/t17-,18-,20-,24-/m0/s1. The molecule has 1 amide bonds. The summed E-state index contributed by atoms with van der Waals surface area (Å²) in [6.07, 6.45) is 4.96. The molecule has 2 bridgehead atoms. The van der Waals surface area contributed by atoms with E-state index in [1.165, 1.54) is 31.4 Å². The van der Waals surface area contributed by atoms with Crippen LogP contribution in [0.5, 0.6) is 5.75 Å². The van der Waals surface area contributed by atoms with Crippen LogP contribution >= 0.6 is 0 Å². The van der Waals surface area contributed by atoms with Crippen LogP contribution in [0.15, 0.2) is 53.4 Å². The minimum Gasteiger partial charge on any atom is -0.491 e. The quantitative estimate of drug-likeness (QED) is 0.596. The van der Waals surface area contributed by atoms with Gasteiger partial charge in [-0.25, -0.2) is 13.1 Å². The predicted molar refractivity (Wildman–Crippen MR) is 125 cm³/mol. The van der Waals surface area contributed by atoms with Gasteiger partial charge >= 0.3 is 0 Å². The molecule has 0 aliphatic heterocycles. The van der Waals surface area contributed by atoms with Crippen molar-refractivity contribution in [2.45, 2.75) is 63.5 Å². The Kier molecular flexibility index (Phi) is 6.58. The number of carbonyl (C=O) groups is 1. The molecule has 2 saturated carbocycles. The molecule has 32 heavy (non-hydrogen) atoms. The molecule has 2 fully saturated rings. The normalized spacial score (nSPS) is 23.3. The van der Waals surface area contributed by atoms with E-state index in [0.717, 1.165) is 12.3 Å². The van der Waals surface area contributed by atoms with Gasteiger partial charge in [0.25, 0.3) is 5.91 Å². The van der Waals surface area contributed by atoms with Crippen molar-refractivity contribution in [1.29, 1.82) is 0 Å². The lowest BCUT2D eigenvalue weighted by Crippen LogP contribution is -2.40. The van der Waals surface area contributed by atoms with Crippen molar-refractivity contribution >= 4 is 21.6 Å². The van der Waals surface area contributed by atoms with Crippen LogP contribution < -0.4 is 14.8 Å². The molecule has 4 atom stereocenters. The molecular formula is C25H32N2O4S. The van der Waals surface area contributed by atoms with Crippen molar-refractivity contribution in [3.63, 3.8) is 0 Å². The van der Waals surface area contributed by atoms with Crippen LogP contribution in [0.2, 0.25) is 0 Å². The minimum atomic E-state index is -3.60. The second-order valence-corrected chi connectivity index (χ2v) is 11.1. The summed E-state index contributed by atoms with van der Waals surface area (Å²) >= 11 is 0. The smallest absolute Gasteiger partial charge is 0.255 e. The molecule has 2 aliphatic carbocycles. The van der Waals surface area contributed by atoms with Gasteiger partial charge in [0.2, 0.25) is 10.0 Å². The fourth-order valence-electron chi connectivity index (χ4n) is 5.18. The first kappa shape index (κ1) is 22.8. The first-order valence-corrected chi connectivity index (χ1v) is 12.9. The summed E-state index contributed by atoms with van der Waals surface area (Å²) < 4.78 is 34.2. The van der Waals surface area contributed by atoms with Crippen LogP contribution in [0, 0.1) is 17.8 Å². The molecule has 7 heteroatoms. The Bertz CT molecular complexity index is 1050. The number of benzene rings is 2. The maximum atomic E-state index is 12.9. The number of amides is 1. The lowest BCUT2D eigenvalue weighted by molar-refractivity contribution is 0.102. The van der Waals surface area contributed by atoms with Gasteiger partial charge in [-0.1, -0.05) is 6.42 Å². The number of rotatable bonds is 8. The monoisotopic (exact) mass is 456 g/mol. The molecule has 2 N–H and O–H groups in total. The fraction of sp³-hybridized carbons (Fsp3) is 0.480. The molecule has 172 valence electrons. The second-order valence-electron chi connectivity index (χ2n) is 9.42.